The van der Waals surface area contributed by atoms with Gasteiger partial charge in [0.15, 0.2) is 5.96 Å². The van der Waals surface area contributed by atoms with Gasteiger partial charge in [0.1, 0.15) is 5.75 Å². The van der Waals surface area contributed by atoms with Crippen LogP contribution < -0.4 is 15.4 Å². The fraction of sp³-hybridized carbons (Fsp3) is 0.391. The molecule has 0 aliphatic carbocycles. The Labute approximate surface area is 196 Å². The summed E-state index contributed by atoms with van der Waals surface area (Å²) in [6.07, 6.45) is 1.13. The Morgan fingerprint density at radius 1 is 1.13 bits per heavy atom. The fourth-order valence-corrected chi connectivity index (χ4v) is 3.55. The maximum atomic E-state index is 12.2. The average molecular weight is 522 g/mol. The van der Waals surface area contributed by atoms with E-state index in [0.29, 0.717) is 24.6 Å². The van der Waals surface area contributed by atoms with Crippen LogP contribution in [0.1, 0.15) is 35.2 Å². The third-order valence-electron chi connectivity index (χ3n) is 5.10. The lowest BCUT2D eigenvalue weighted by atomic mass is 9.99. The Balaban J connectivity index is 0.00000320. The third-order valence-corrected chi connectivity index (χ3v) is 5.10. The van der Waals surface area contributed by atoms with E-state index in [4.69, 9.17) is 9.73 Å². The number of nitrogens with one attached hydrogen (secondary N) is 2. The summed E-state index contributed by atoms with van der Waals surface area (Å²) in [5.74, 6) is 2.10. The SMILES string of the molecule is CCNC(=NCCNC(=O)c1ccc(OC)cc1)N1CCC(c2ccccc2)C1.I. The second-order valence-electron chi connectivity index (χ2n) is 7.06. The van der Waals surface area contributed by atoms with Crippen molar-refractivity contribution in [1.82, 2.24) is 15.5 Å². The number of hydrogen-bond acceptors (Lipinski definition) is 3. The van der Waals surface area contributed by atoms with E-state index in [-0.39, 0.29) is 29.9 Å². The summed E-state index contributed by atoms with van der Waals surface area (Å²) in [5, 5.41) is 6.30. The van der Waals surface area contributed by atoms with Crippen LogP contribution in [0.2, 0.25) is 0 Å². The van der Waals surface area contributed by atoms with Crippen LogP contribution in [0.15, 0.2) is 59.6 Å². The van der Waals surface area contributed by atoms with Crippen molar-refractivity contribution in [2.45, 2.75) is 19.3 Å². The predicted molar refractivity (Wildman–Crippen MR) is 132 cm³/mol. The van der Waals surface area contributed by atoms with Crippen LogP contribution in [-0.4, -0.2) is 56.6 Å². The van der Waals surface area contributed by atoms with Gasteiger partial charge < -0.3 is 20.3 Å². The molecule has 1 heterocycles. The highest BCUT2D eigenvalue weighted by Crippen LogP contribution is 2.26. The van der Waals surface area contributed by atoms with Crippen LogP contribution in [0.4, 0.5) is 0 Å². The molecule has 0 aromatic heterocycles. The van der Waals surface area contributed by atoms with E-state index in [9.17, 15) is 4.79 Å². The number of nitrogens with zero attached hydrogens (tertiary/aromatic N) is 2. The van der Waals surface area contributed by atoms with Crippen molar-refractivity contribution in [3.05, 3.63) is 65.7 Å². The molecule has 6 nitrogen and oxygen atoms in total. The topological polar surface area (TPSA) is 66.0 Å². The summed E-state index contributed by atoms with van der Waals surface area (Å²) in [4.78, 5) is 19.3. The lowest BCUT2D eigenvalue weighted by molar-refractivity contribution is 0.0954. The Morgan fingerprint density at radius 2 is 1.87 bits per heavy atom. The summed E-state index contributed by atoms with van der Waals surface area (Å²) in [7, 11) is 1.61. The molecule has 7 heteroatoms. The molecule has 1 saturated heterocycles. The molecule has 2 aromatic carbocycles. The van der Waals surface area contributed by atoms with Gasteiger partial charge in [0.2, 0.25) is 0 Å². The van der Waals surface area contributed by atoms with Gasteiger partial charge in [-0.1, -0.05) is 30.3 Å². The second-order valence-corrected chi connectivity index (χ2v) is 7.06. The van der Waals surface area contributed by atoms with Gasteiger partial charge in [0.25, 0.3) is 5.91 Å². The lowest BCUT2D eigenvalue weighted by Gasteiger charge is -2.22. The van der Waals surface area contributed by atoms with Crippen LogP contribution in [0.3, 0.4) is 0 Å². The molecule has 0 saturated carbocycles. The van der Waals surface area contributed by atoms with Gasteiger partial charge in [-0.25, -0.2) is 0 Å². The van der Waals surface area contributed by atoms with Crippen LogP contribution in [0, 0.1) is 0 Å². The number of guanidine groups is 1. The van der Waals surface area contributed by atoms with Gasteiger partial charge >= 0.3 is 0 Å². The van der Waals surface area contributed by atoms with E-state index in [1.807, 2.05) is 0 Å². The second kappa shape index (κ2) is 12.4. The summed E-state index contributed by atoms with van der Waals surface area (Å²) in [6.45, 7) is 5.89. The number of carbonyl (C=O) groups is 1. The molecule has 1 aliphatic rings. The highest BCUT2D eigenvalue weighted by Gasteiger charge is 2.25. The fourth-order valence-electron chi connectivity index (χ4n) is 3.55. The largest absolute Gasteiger partial charge is 0.497 e. The van der Waals surface area contributed by atoms with Crippen LogP contribution >= 0.6 is 24.0 Å². The van der Waals surface area contributed by atoms with Gasteiger partial charge in [-0.3, -0.25) is 9.79 Å². The summed E-state index contributed by atoms with van der Waals surface area (Å²) in [5.41, 5.74) is 2.00. The number of ether oxygens (including phenoxy) is 1. The van der Waals surface area contributed by atoms with Gasteiger partial charge in [-0.05, 0) is 43.2 Å². The number of methoxy groups -OCH3 is 1. The minimum absolute atomic E-state index is 0. The van der Waals surface area contributed by atoms with Crippen molar-refractivity contribution in [3.8, 4) is 5.75 Å². The van der Waals surface area contributed by atoms with Crippen molar-refractivity contribution in [2.24, 2.45) is 4.99 Å². The van der Waals surface area contributed by atoms with Crippen molar-refractivity contribution in [1.29, 1.82) is 0 Å². The van der Waals surface area contributed by atoms with Crippen molar-refractivity contribution in [2.75, 3.05) is 39.8 Å². The maximum absolute atomic E-state index is 12.2. The van der Waals surface area contributed by atoms with Gasteiger partial charge in [-0.15, -0.1) is 24.0 Å². The van der Waals surface area contributed by atoms with E-state index in [1.165, 1.54) is 5.56 Å². The Morgan fingerprint density at radius 3 is 2.53 bits per heavy atom. The van der Waals surface area contributed by atoms with E-state index < -0.39 is 0 Å². The standard InChI is InChI=1S/C23H30N4O2.HI/c1-3-24-23(27-16-13-20(17-27)18-7-5-4-6-8-18)26-15-14-25-22(28)19-9-11-21(29-2)12-10-19;/h4-12,20H,3,13-17H2,1-2H3,(H,24,26)(H,25,28);1H. The van der Waals surface area contributed by atoms with Gasteiger partial charge in [0.05, 0.1) is 13.7 Å². The molecule has 1 atom stereocenters. The average Bonchev–Trinajstić information content (AvgIpc) is 3.26. The summed E-state index contributed by atoms with van der Waals surface area (Å²) in [6, 6.07) is 17.7. The van der Waals surface area contributed by atoms with E-state index in [0.717, 1.165) is 37.8 Å². The van der Waals surface area contributed by atoms with E-state index in [2.05, 4.69) is 52.8 Å². The smallest absolute Gasteiger partial charge is 0.251 e. The number of carbonyl (C=O) groups excluding carboxylic acids is 1. The monoisotopic (exact) mass is 522 g/mol. The molecule has 3 rings (SSSR count). The van der Waals surface area contributed by atoms with Crippen LogP contribution in [0.25, 0.3) is 0 Å². The number of rotatable bonds is 7. The first-order chi connectivity index (χ1) is 14.2. The van der Waals surface area contributed by atoms with Crippen LogP contribution in [0.5, 0.6) is 5.75 Å². The molecule has 0 spiro atoms. The first kappa shape index (κ1) is 24.0. The number of hydrogen-bond donors (Lipinski definition) is 2. The lowest BCUT2D eigenvalue weighted by Crippen LogP contribution is -2.40. The molecule has 1 amide bonds. The molecule has 0 bridgehead atoms. The minimum Gasteiger partial charge on any atom is -0.497 e. The van der Waals surface area contributed by atoms with E-state index >= 15 is 0 Å². The Kier molecular flexibility index (Phi) is 9.93. The normalized spacial score (nSPS) is 16.0. The van der Waals surface area contributed by atoms with Gasteiger partial charge in [-0.2, -0.15) is 0 Å². The number of benzene rings is 2. The maximum Gasteiger partial charge on any atom is 0.251 e. The number of amides is 1. The van der Waals surface area contributed by atoms with Crippen LogP contribution in [-0.2, 0) is 0 Å². The number of aliphatic imine (C=N–C) groups is 1. The molecule has 30 heavy (non-hydrogen) atoms. The number of halogens is 1. The first-order valence-corrected chi connectivity index (χ1v) is 10.2. The molecule has 1 aliphatic heterocycles. The molecule has 1 unspecified atom stereocenters. The van der Waals surface area contributed by atoms with Crippen molar-refractivity contribution in [3.63, 3.8) is 0 Å². The highest BCUT2D eigenvalue weighted by molar-refractivity contribution is 14.0. The molecule has 0 radical (unpaired) electrons. The Hall–Kier alpha value is -2.29. The first-order valence-electron chi connectivity index (χ1n) is 10.2. The third kappa shape index (κ3) is 6.62. The molecular weight excluding hydrogens is 491 g/mol. The van der Waals surface area contributed by atoms with Crippen molar-refractivity contribution >= 4 is 35.8 Å². The quantitative estimate of drug-likeness (QED) is 0.253. The highest BCUT2D eigenvalue weighted by atomic mass is 127. The summed E-state index contributed by atoms with van der Waals surface area (Å²) >= 11 is 0. The zero-order chi connectivity index (χ0) is 20.5. The zero-order valence-corrected chi connectivity index (χ0v) is 20.0. The summed E-state index contributed by atoms with van der Waals surface area (Å²) < 4.78 is 5.12. The minimum atomic E-state index is -0.0989. The number of likely N-dealkylation sites (tertiary alicyclic amines) is 1. The van der Waals surface area contributed by atoms with Gasteiger partial charge in [0, 0.05) is 37.7 Å². The molecular formula is C23H31IN4O2. The van der Waals surface area contributed by atoms with E-state index in [1.54, 1.807) is 31.4 Å². The molecule has 162 valence electrons. The predicted octanol–water partition coefficient (Wildman–Crippen LogP) is 3.50. The zero-order valence-electron chi connectivity index (χ0n) is 17.6. The Bertz CT molecular complexity index is 812. The molecule has 2 aromatic rings. The molecule has 2 N–H and O–H groups in total. The van der Waals surface area contributed by atoms with Crippen molar-refractivity contribution < 1.29 is 9.53 Å². The molecule has 1 fully saturated rings.